The van der Waals surface area contributed by atoms with Gasteiger partial charge in [-0.1, -0.05) is 52.7 Å². The molecule has 0 aromatic rings. The molecule has 0 heterocycles. The minimum Gasteiger partial charge on any atom is -0.543 e. The van der Waals surface area contributed by atoms with Gasteiger partial charge in [0.25, 0.3) is 0 Å². The Morgan fingerprint density at radius 1 is 0.556 bits per heavy atom. The lowest BCUT2D eigenvalue weighted by Gasteiger charge is -2.38. The van der Waals surface area contributed by atoms with E-state index < -0.39 is 16.6 Å². The summed E-state index contributed by atoms with van der Waals surface area (Å²) in [5.41, 5.74) is 9.76. The molecular formula is C32H54O2Si2. The van der Waals surface area contributed by atoms with Crippen LogP contribution in [0.2, 0.25) is 36.3 Å². The average molecular weight is 527 g/mol. The zero-order chi connectivity index (χ0) is 26.5. The molecule has 0 atom stereocenters. The van der Waals surface area contributed by atoms with Gasteiger partial charge in [0.2, 0.25) is 16.6 Å². The van der Waals surface area contributed by atoms with Gasteiger partial charge >= 0.3 is 0 Å². The van der Waals surface area contributed by atoms with Crippen LogP contribution in [0.3, 0.4) is 0 Å². The van der Waals surface area contributed by atoms with E-state index in [1.165, 1.54) is 62.9 Å². The van der Waals surface area contributed by atoms with Gasteiger partial charge in [-0.2, -0.15) is 0 Å². The maximum Gasteiger partial charge on any atom is 0.250 e. The largest absolute Gasteiger partial charge is 0.543 e. The second kappa shape index (κ2) is 9.95. The second-order valence-electron chi connectivity index (χ2n) is 15.0. The van der Waals surface area contributed by atoms with E-state index in [4.69, 9.17) is 8.85 Å². The van der Waals surface area contributed by atoms with Crippen LogP contribution in [-0.2, 0) is 8.85 Å². The van der Waals surface area contributed by atoms with Crippen LogP contribution in [0, 0.1) is 0 Å². The maximum absolute atomic E-state index is 7.12. The molecule has 0 spiro atoms. The summed E-state index contributed by atoms with van der Waals surface area (Å²) in [6.07, 6.45) is 15.0. The third kappa shape index (κ3) is 5.55. The normalized spacial score (nSPS) is 21.9. The van der Waals surface area contributed by atoms with Gasteiger partial charge in [-0.25, -0.2) is 0 Å². The molecule has 0 N–H and O–H groups in total. The van der Waals surface area contributed by atoms with Gasteiger partial charge in [-0.3, -0.25) is 0 Å². The van der Waals surface area contributed by atoms with E-state index in [0.29, 0.717) is 0 Å². The van der Waals surface area contributed by atoms with Crippen LogP contribution in [0.15, 0.2) is 45.0 Å². The molecule has 0 aromatic carbocycles. The summed E-state index contributed by atoms with van der Waals surface area (Å²) >= 11 is 0. The minimum absolute atomic E-state index is 0.226. The Hall–Kier alpha value is -1.01. The number of rotatable bonds is 7. The Balaban J connectivity index is 1.61. The van der Waals surface area contributed by atoms with Crippen molar-refractivity contribution in [1.29, 1.82) is 0 Å². The van der Waals surface area contributed by atoms with Gasteiger partial charge in [0.1, 0.15) is 11.5 Å². The topological polar surface area (TPSA) is 18.5 Å². The fourth-order valence-corrected chi connectivity index (χ4v) is 7.93. The number of allylic oxidation sites excluding steroid dienone is 6. The molecule has 202 valence electrons. The van der Waals surface area contributed by atoms with E-state index in [-0.39, 0.29) is 10.1 Å². The number of hydrogen-bond acceptors (Lipinski definition) is 2. The summed E-state index contributed by atoms with van der Waals surface area (Å²) in [7, 11) is -3.74. The van der Waals surface area contributed by atoms with Crippen LogP contribution in [0.1, 0.15) is 119 Å². The lowest BCUT2D eigenvalue weighted by atomic mass is 9.93. The first-order valence-corrected chi connectivity index (χ1v) is 20.7. The van der Waals surface area contributed by atoms with Crippen LogP contribution in [-0.4, -0.2) is 16.6 Å². The minimum atomic E-state index is -1.87. The zero-order valence-electron chi connectivity index (χ0n) is 25.3. The molecule has 0 saturated carbocycles. The van der Waals surface area contributed by atoms with Crippen molar-refractivity contribution in [3.8, 4) is 0 Å². The van der Waals surface area contributed by atoms with Gasteiger partial charge in [0.15, 0.2) is 0 Å². The van der Waals surface area contributed by atoms with E-state index >= 15 is 0 Å². The molecule has 4 aliphatic carbocycles. The Morgan fingerprint density at radius 2 is 0.889 bits per heavy atom. The maximum atomic E-state index is 7.12. The molecule has 0 aliphatic heterocycles. The number of hydrogen-bond donors (Lipinski definition) is 0. The van der Waals surface area contributed by atoms with E-state index in [1.807, 2.05) is 0 Å². The zero-order valence-corrected chi connectivity index (χ0v) is 27.3. The van der Waals surface area contributed by atoms with Crippen LogP contribution in [0.25, 0.3) is 0 Å². The van der Waals surface area contributed by atoms with Crippen LogP contribution in [0.4, 0.5) is 0 Å². The molecule has 0 aromatic heterocycles. The highest BCUT2D eigenvalue weighted by atomic mass is 28.4. The van der Waals surface area contributed by atoms with Gasteiger partial charge in [-0.15, -0.1) is 0 Å². The van der Waals surface area contributed by atoms with Crippen LogP contribution in [0.5, 0.6) is 0 Å². The van der Waals surface area contributed by atoms with E-state index in [1.54, 1.807) is 33.4 Å². The molecule has 0 unspecified atom stereocenters. The molecule has 4 aliphatic rings. The first kappa shape index (κ1) is 28.0. The molecular weight excluding hydrogens is 473 g/mol. The highest BCUT2D eigenvalue weighted by molar-refractivity contribution is 6.74. The smallest absolute Gasteiger partial charge is 0.250 e. The Labute approximate surface area is 225 Å². The van der Waals surface area contributed by atoms with Gasteiger partial charge in [-0.05, 0) is 136 Å². The van der Waals surface area contributed by atoms with Crippen molar-refractivity contribution < 1.29 is 8.85 Å². The van der Waals surface area contributed by atoms with Gasteiger partial charge in [0.05, 0.1) is 0 Å². The fraction of sp³-hybridized carbons (Fsp3) is 0.750. The standard InChI is InChI=1S/C32H54O2Si2/c1-31(2,3)35(7,8)33-29-25(21-23-15-11-13-17-27(23)29)19-20-26-22-24-16-12-14-18-28(24)30(26)34-36(9,10)32(4,5)6/h11-22H2,1-10H3. The molecule has 0 saturated heterocycles. The summed E-state index contributed by atoms with van der Waals surface area (Å²) in [6, 6.07) is 0. The lowest BCUT2D eigenvalue weighted by Crippen LogP contribution is -2.40. The Morgan fingerprint density at radius 3 is 1.22 bits per heavy atom. The first-order chi connectivity index (χ1) is 16.6. The van der Waals surface area contributed by atoms with Crippen LogP contribution >= 0.6 is 0 Å². The Kier molecular flexibility index (Phi) is 7.74. The summed E-state index contributed by atoms with van der Waals surface area (Å²) in [6.45, 7) is 23.9. The molecule has 0 amide bonds. The fourth-order valence-electron chi connectivity index (χ4n) is 5.77. The van der Waals surface area contributed by atoms with Crippen molar-refractivity contribution in [2.75, 3.05) is 0 Å². The van der Waals surface area contributed by atoms with E-state index in [0.717, 1.165) is 25.7 Å². The average Bonchev–Trinajstić information content (AvgIpc) is 3.28. The predicted molar refractivity (Wildman–Crippen MR) is 160 cm³/mol. The highest BCUT2D eigenvalue weighted by Gasteiger charge is 2.43. The molecule has 4 heteroatoms. The predicted octanol–water partition coefficient (Wildman–Crippen LogP) is 10.9. The third-order valence-corrected chi connectivity index (χ3v) is 18.9. The molecule has 36 heavy (non-hydrogen) atoms. The van der Waals surface area contributed by atoms with Crippen LogP contribution < -0.4 is 0 Å². The highest BCUT2D eigenvalue weighted by Crippen LogP contribution is 2.50. The lowest BCUT2D eigenvalue weighted by molar-refractivity contribution is 0.380. The SMILES string of the molecule is CC(C)(C)[Si](C)(C)OC1=C(CCC2=C(O[Si](C)(C)C(C)(C)C)C3=C(CCCC3)C2)CC2=C1CCCC2. The molecule has 0 radical (unpaired) electrons. The van der Waals surface area contributed by atoms with Crippen molar-refractivity contribution in [2.24, 2.45) is 0 Å². The summed E-state index contributed by atoms with van der Waals surface area (Å²) < 4.78 is 14.2. The van der Waals surface area contributed by atoms with E-state index in [9.17, 15) is 0 Å². The summed E-state index contributed by atoms with van der Waals surface area (Å²) in [5.74, 6) is 2.67. The summed E-state index contributed by atoms with van der Waals surface area (Å²) in [4.78, 5) is 0. The quantitative estimate of drug-likeness (QED) is 0.307. The Bertz CT molecular complexity index is 924. The molecule has 0 fully saturated rings. The van der Waals surface area contributed by atoms with Crippen molar-refractivity contribution in [3.05, 3.63) is 45.0 Å². The molecule has 0 bridgehead atoms. The third-order valence-electron chi connectivity index (χ3n) is 10.3. The van der Waals surface area contributed by atoms with Crippen molar-refractivity contribution >= 4 is 16.6 Å². The van der Waals surface area contributed by atoms with Crippen molar-refractivity contribution in [1.82, 2.24) is 0 Å². The van der Waals surface area contributed by atoms with E-state index in [2.05, 4.69) is 67.7 Å². The monoisotopic (exact) mass is 526 g/mol. The molecule has 4 rings (SSSR count). The van der Waals surface area contributed by atoms with Crippen molar-refractivity contribution in [3.63, 3.8) is 0 Å². The molecule has 2 nitrogen and oxygen atoms in total. The second-order valence-corrected chi connectivity index (χ2v) is 24.5. The first-order valence-electron chi connectivity index (χ1n) is 14.9. The summed E-state index contributed by atoms with van der Waals surface area (Å²) in [5, 5.41) is 0.453. The van der Waals surface area contributed by atoms with Crippen molar-refractivity contribution in [2.45, 2.75) is 155 Å². The van der Waals surface area contributed by atoms with Gasteiger partial charge < -0.3 is 8.85 Å². The van der Waals surface area contributed by atoms with Gasteiger partial charge in [0, 0.05) is 0 Å².